The fraction of sp³-hybridized carbons (Fsp3) is 0.471. The van der Waals surface area contributed by atoms with Crippen molar-refractivity contribution in [3.63, 3.8) is 0 Å². The van der Waals surface area contributed by atoms with Crippen LogP contribution in [0.5, 0.6) is 0 Å². The molecule has 0 spiro atoms. The topological polar surface area (TPSA) is 0 Å². The van der Waals surface area contributed by atoms with Gasteiger partial charge in [-0.2, -0.15) is 0 Å². The smallest absolute Gasteiger partial charge is 0.0260 e. The molecule has 3 aromatic rings. The van der Waals surface area contributed by atoms with E-state index < -0.39 is 0 Å². The molecule has 2 aliphatic rings. The molecule has 5 rings (SSSR count). The van der Waals surface area contributed by atoms with Gasteiger partial charge in [-0.05, 0) is 121 Å². The molecule has 0 heterocycles. The van der Waals surface area contributed by atoms with Gasteiger partial charge in [0, 0.05) is 8.95 Å². The molecule has 0 nitrogen and oxygen atoms in total. The van der Waals surface area contributed by atoms with Crippen molar-refractivity contribution in [3.05, 3.63) is 80.7 Å². The summed E-state index contributed by atoms with van der Waals surface area (Å²) in [7, 11) is 0. The van der Waals surface area contributed by atoms with E-state index >= 15 is 0 Å². The van der Waals surface area contributed by atoms with Gasteiger partial charge in [-0.25, -0.2) is 0 Å². The predicted molar refractivity (Wildman–Crippen MR) is 163 cm³/mol. The molecule has 36 heavy (non-hydrogen) atoms. The lowest BCUT2D eigenvalue weighted by atomic mass is 9.77. The second-order valence-electron chi connectivity index (χ2n) is 11.3. The van der Waals surface area contributed by atoms with E-state index in [0.29, 0.717) is 0 Å². The van der Waals surface area contributed by atoms with Crippen LogP contribution in [0.4, 0.5) is 0 Å². The maximum absolute atomic E-state index is 3.89. The molecule has 190 valence electrons. The predicted octanol–water partition coefficient (Wildman–Crippen LogP) is 11.9. The Hall–Kier alpha value is -1.38. The number of rotatable bonds is 6. The summed E-state index contributed by atoms with van der Waals surface area (Å²) < 4.78 is 2.30. The molecule has 2 saturated carbocycles. The van der Waals surface area contributed by atoms with Gasteiger partial charge in [0.25, 0.3) is 0 Å². The van der Waals surface area contributed by atoms with E-state index in [4.69, 9.17) is 0 Å². The van der Waals surface area contributed by atoms with Crippen LogP contribution in [0.3, 0.4) is 0 Å². The Kier molecular flexibility index (Phi) is 8.74. The van der Waals surface area contributed by atoms with Crippen molar-refractivity contribution in [1.29, 1.82) is 0 Å². The fourth-order valence-corrected chi connectivity index (χ4v) is 7.81. The van der Waals surface area contributed by atoms with Crippen molar-refractivity contribution in [2.24, 2.45) is 11.8 Å². The third-order valence-corrected chi connectivity index (χ3v) is 10.6. The van der Waals surface area contributed by atoms with Crippen LogP contribution in [0.2, 0.25) is 0 Å². The Labute approximate surface area is 235 Å². The molecule has 0 radical (unpaired) electrons. The zero-order chi connectivity index (χ0) is 25.1. The Bertz CT molecular complexity index is 1040. The van der Waals surface area contributed by atoms with Gasteiger partial charge in [0.05, 0.1) is 0 Å². The maximum Gasteiger partial charge on any atom is 0.0260 e. The molecule has 0 N–H and O–H groups in total. The monoisotopic (exact) mass is 606 g/mol. The van der Waals surface area contributed by atoms with Gasteiger partial charge in [0.2, 0.25) is 0 Å². The van der Waals surface area contributed by atoms with E-state index in [2.05, 4.69) is 106 Å². The SMILES string of the molecule is CCC1CCC(c2ccc(-c3cc(Br)c(-c4ccc(C5CCC(CC)CC5)cc4)cc3Br)cc2)CC1. The molecule has 2 aliphatic carbocycles. The zero-order valence-electron chi connectivity index (χ0n) is 21.9. The molecule has 0 unspecified atom stereocenters. The average Bonchev–Trinajstić information content (AvgIpc) is 2.94. The molecule has 2 fully saturated rings. The number of benzene rings is 3. The van der Waals surface area contributed by atoms with Gasteiger partial charge in [0.1, 0.15) is 0 Å². The largest absolute Gasteiger partial charge is 0.0651 e. The molecule has 0 atom stereocenters. The number of halogens is 2. The first-order chi connectivity index (χ1) is 17.6. The van der Waals surface area contributed by atoms with Gasteiger partial charge in [-0.15, -0.1) is 0 Å². The minimum Gasteiger partial charge on any atom is -0.0651 e. The van der Waals surface area contributed by atoms with E-state index in [-0.39, 0.29) is 0 Å². The van der Waals surface area contributed by atoms with E-state index in [9.17, 15) is 0 Å². The number of hydrogen-bond donors (Lipinski definition) is 0. The highest BCUT2D eigenvalue weighted by molar-refractivity contribution is 9.11. The molecule has 0 aliphatic heterocycles. The van der Waals surface area contributed by atoms with Gasteiger partial charge >= 0.3 is 0 Å². The molecule has 0 amide bonds. The van der Waals surface area contributed by atoms with E-state index in [0.717, 1.165) is 32.6 Å². The third-order valence-electron chi connectivity index (χ3n) is 9.29. The van der Waals surface area contributed by atoms with Crippen molar-refractivity contribution in [2.45, 2.75) is 89.9 Å². The Morgan fingerprint density at radius 3 is 1.17 bits per heavy atom. The lowest BCUT2D eigenvalue weighted by molar-refractivity contribution is 0.319. The van der Waals surface area contributed by atoms with Crippen LogP contribution in [-0.2, 0) is 0 Å². The van der Waals surface area contributed by atoms with Crippen molar-refractivity contribution in [1.82, 2.24) is 0 Å². The molecular formula is C34H40Br2. The molecule has 2 heteroatoms. The van der Waals surface area contributed by atoms with E-state index in [1.165, 1.54) is 97.6 Å². The lowest BCUT2D eigenvalue weighted by Gasteiger charge is -2.28. The summed E-state index contributed by atoms with van der Waals surface area (Å²) >= 11 is 7.79. The van der Waals surface area contributed by atoms with Crippen LogP contribution in [0.15, 0.2) is 69.6 Å². The lowest BCUT2D eigenvalue weighted by Crippen LogP contribution is -2.12. The minimum absolute atomic E-state index is 0.740. The van der Waals surface area contributed by atoms with Gasteiger partial charge < -0.3 is 0 Å². The Morgan fingerprint density at radius 2 is 0.861 bits per heavy atom. The first-order valence-electron chi connectivity index (χ1n) is 14.2. The summed E-state index contributed by atoms with van der Waals surface area (Å²) in [4.78, 5) is 0. The highest BCUT2D eigenvalue weighted by Crippen LogP contribution is 2.42. The average molecular weight is 609 g/mol. The maximum atomic E-state index is 3.89. The van der Waals surface area contributed by atoms with E-state index in [1.807, 2.05) is 0 Å². The summed E-state index contributed by atoms with van der Waals surface area (Å²) in [5.74, 6) is 3.38. The van der Waals surface area contributed by atoms with Crippen LogP contribution in [0.25, 0.3) is 22.3 Å². The second kappa shape index (κ2) is 12.0. The van der Waals surface area contributed by atoms with Crippen molar-refractivity contribution in [3.8, 4) is 22.3 Å². The summed E-state index contributed by atoms with van der Waals surface area (Å²) in [6, 6.07) is 23.3. The highest BCUT2D eigenvalue weighted by Gasteiger charge is 2.22. The minimum atomic E-state index is 0.740. The highest BCUT2D eigenvalue weighted by atomic mass is 79.9. The van der Waals surface area contributed by atoms with Crippen molar-refractivity contribution < 1.29 is 0 Å². The molecular weight excluding hydrogens is 568 g/mol. The summed E-state index contributed by atoms with van der Waals surface area (Å²) in [5.41, 5.74) is 8.08. The number of hydrogen-bond acceptors (Lipinski definition) is 0. The van der Waals surface area contributed by atoms with Crippen molar-refractivity contribution in [2.75, 3.05) is 0 Å². The second-order valence-corrected chi connectivity index (χ2v) is 13.0. The summed E-state index contributed by atoms with van der Waals surface area (Å²) in [6.07, 6.45) is 13.6. The molecule has 0 saturated heterocycles. The van der Waals surface area contributed by atoms with Crippen LogP contribution in [0, 0.1) is 11.8 Å². The van der Waals surface area contributed by atoms with Gasteiger partial charge in [-0.3, -0.25) is 0 Å². The summed E-state index contributed by atoms with van der Waals surface area (Å²) in [6.45, 7) is 4.68. The Balaban J connectivity index is 1.30. The fourth-order valence-electron chi connectivity index (χ4n) is 6.67. The third kappa shape index (κ3) is 5.86. The van der Waals surface area contributed by atoms with Crippen molar-refractivity contribution >= 4 is 31.9 Å². The van der Waals surface area contributed by atoms with Gasteiger partial charge in [0.15, 0.2) is 0 Å². The first kappa shape index (κ1) is 26.2. The molecule has 0 aromatic heterocycles. The first-order valence-corrected chi connectivity index (χ1v) is 15.8. The van der Waals surface area contributed by atoms with Crippen LogP contribution < -0.4 is 0 Å². The molecule has 0 bridgehead atoms. The van der Waals surface area contributed by atoms with Crippen LogP contribution in [-0.4, -0.2) is 0 Å². The normalized spacial score (nSPS) is 24.6. The standard InChI is InChI=1S/C34H40Br2/c1-3-23-5-9-25(10-6-23)27-13-17-29(18-14-27)31-21-34(36)32(22-33(31)35)30-19-15-28(16-20-30)26-11-7-24(4-2)8-12-26/h13-26H,3-12H2,1-2H3. The Morgan fingerprint density at radius 1 is 0.528 bits per heavy atom. The molecule has 3 aromatic carbocycles. The van der Waals surface area contributed by atoms with Gasteiger partial charge in [-0.1, -0.05) is 107 Å². The zero-order valence-corrected chi connectivity index (χ0v) is 25.1. The quantitative estimate of drug-likeness (QED) is 0.261. The van der Waals surface area contributed by atoms with Crippen LogP contribution in [0.1, 0.15) is 101 Å². The van der Waals surface area contributed by atoms with Crippen LogP contribution >= 0.6 is 31.9 Å². The summed E-state index contributed by atoms with van der Waals surface area (Å²) in [5, 5.41) is 0. The van der Waals surface area contributed by atoms with E-state index in [1.54, 1.807) is 0 Å².